The van der Waals surface area contributed by atoms with Gasteiger partial charge in [0.25, 0.3) is 0 Å². The summed E-state index contributed by atoms with van der Waals surface area (Å²) in [6, 6.07) is 14.0. The molecular formula is C22H30N2O4. The lowest BCUT2D eigenvalue weighted by Gasteiger charge is -2.10. The molecule has 28 heavy (non-hydrogen) atoms. The molecule has 6 heteroatoms. The Bertz CT molecular complexity index is 749. The van der Waals surface area contributed by atoms with E-state index in [-0.39, 0.29) is 5.91 Å². The average Bonchev–Trinajstić information content (AvgIpc) is 2.71. The highest BCUT2D eigenvalue weighted by molar-refractivity contribution is 5.90. The minimum Gasteiger partial charge on any atom is -0.493 e. The number of carbonyl (C=O) groups excluding carboxylic acids is 1. The van der Waals surface area contributed by atoms with E-state index in [0.717, 1.165) is 36.4 Å². The van der Waals surface area contributed by atoms with Gasteiger partial charge in [0.15, 0.2) is 11.5 Å². The highest BCUT2D eigenvalue weighted by atomic mass is 16.5. The zero-order chi connectivity index (χ0) is 20.2. The largest absolute Gasteiger partial charge is 0.493 e. The summed E-state index contributed by atoms with van der Waals surface area (Å²) in [4.78, 5) is 12.0. The number of hydrogen-bond donors (Lipinski definition) is 2. The minimum absolute atomic E-state index is 0.0560. The zero-order valence-electron chi connectivity index (χ0n) is 16.7. The summed E-state index contributed by atoms with van der Waals surface area (Å²) in [5.74, 6) is 1.43. The van der Waals surface area contributed by atoms with E-state index in [0.29, 0.717) is 26.2 Å². The molecule has 0 heterocycles. The van der Waals surface area contributed by atoms with Gasteiger partial charge in [0.1, 0.15) is 0 Å². The van der Waals surface area contributed by atoms with Crippen LogP contribution in [0.15, 0.2) is 42.5 Å². The van der Waals surface area contributed by atoms with Crippen molar-refractivity contribution in [3.63, 3.8) is 0 Å². The second kappa shape index (κ2) is 12.0. The van der Waals surface area contributed by atoms with Crippen molar-refractivity contribution in [3.05, 3.63) is 53.6 Å². The second-order valence-corrected chi connectivity index (χ2v) is 6.44. The summed E-state index contributed by atoms with van der Waals surface area (Å²) in [5.41, 5.74) is 8.57. The van der Waals surface area contributed by atoms with E-state index in [1.807, 2.05) is 30.3 Å². The van der Waals surface area contributed by atoms with E-state index >= 15 is 0 Å². The number of aryl methyl sites for hydroxylation is 2. The molecule has 0 aromatic heterocycles. The highest BCUT2D eigenvalue weighted by Crippen LogP contribution is 2.28. The Morgan fingerprint density at radius 1 is 0.964 bits per heavy atom. The van der Waals surface area contributed by atoms with E-state index in [9.17, 15) is 4.79 Å². The lowest BCUT2D eigenvalue weighted by Crippen LogP contribution is -2.16. The molecule has 0 saturated carbocycles. The summed E-state index contributed by atoms with van der Waals surface area (Å²) in [5, 5.41) is 2.91. The zero-order valence-corrected chi connectivity index (χ0v) is 16.7. The summed E-state index contributed by atoms with van der Waals surface area (Å²) in [6.07, 6.45) is 3.19. The van der Waals surface area contributed by atoms with Crippen molar-refractivity contribution in [3.8, 4) is 11.5 Å². The predicted molar refractivity (Wildman–Crippen MR) is 111 cm³/mol. The molecule has 2 aromatic carbocycles. The third-order valence-corrected chi connectivity index (χ3v) is 4.33. The Labute approximate surface area is 167 Å². The van der Waals surface area contributed by atoms with E-state index in [2.05, 4.69) is 17.4 Å². The Morgan fingerprint density at radius 3 is 2.43 bits per heavy atom. The Hall–Kier alpha value is -2.57. The molecule has 152 valence electrons. The smallest absolute Gasteiger partial charge is 0.226 e. The maximum atomic E-state index is 12.0. The summed E-state index contributed by atoms with van der Waals surface area (Å²) in [7, 11) is 3.28. The molecule has 6 nitrogen and oxygen atoms in total. The van der Waals surface area contributed by atoms with Crippen LogP contribution in [0.4, 0.5) is 5.69 Å². The predicted octanol–water partition coefficient (Wildman–Crippen LogP) is 3.18. The van der Waals surface area contributed by atoms with Crippen LogP contribution in [0.2, 0.25) is 0 Å². The van der Waals surface area contributed by atoms with Crippen LogP contribution in [0.5, 0.6) is 11.5 Å². The number of benzene rings is 2. The van der Waals surface area contributed by atoms with Gasteiger partial charge in [0, 0.05) is 12.2 Å². The van der Waals surface area contributed by atoms with Gasteiger partial charge in [-0.05, 0) is 54.7 Å². The molecule has 0 aliphatic carbocycles. The minimum atomic E-state index is -0.0560. The molecule has 0 unspecified atom stereocenters. The number of methoxy groups -OCH3 is 2. The van der Waals surface area contributed by atoms with Crippen LogP contribution in [-0.4, -0.2) is 39.9 Å². The van der Waals surface area contributed by atoms with Gasteiger partial charge >= 0.3 is 0 Å². The molecule has 0 aliphatic rings. The normalized spacial score (nSPS) is 10.5. The fraction of sp³-hybridized carbons (Fsp3) is 0.409. The average molecular weight is 386 g/mol. The van der Waals surface area contributed by atoms with Gasteiger partial charge in [-0.1, -0.05) is 18.2 Å². The molecule has 0 atom stereocenters. The SMILES string of the molecule is COc1ccc(CCCc2cccc(NC(=O)CCOCCN)c2)cc1OC. The molecule has 1 amide bonds. The molecule has 0 aliphatic heterocycles. The van der Waals surface area contributed by atoms with Crippen LogP contribution in [0, 0.1) is 0 Å². The van der Waals surface area contributed by atoms with Gasteiger partial charge in [0.05, 0.1) is 33.9 Å². The van der Waals surface area contributed by atoms with E-state index < -0.39 is 0 Å². The number of anilines is 1. The van der Waals surface area contributed by atoms with Crippen molar-refractivity contribution < 1.29 is 19.0 Å². The molecular weight excluding hydrogens is 356 g/mol. The number of ether oxygens (including phenoxy) is 3. The maximum Gasteiger partial charge on any atom is 0.226 e. The maximum absolute atomic E-state index is 12.0. The molecule has 0 spiro atoms. The first-order valence-electron chi connectivity index (χ1n) is 9.53. The van der Waals surface area contributed by atoms with Crippen molar-refractivity contribution in [2.75, 3.05) is 39.3 Å². The molecule has 0 saturated heterocycles. The number of nitrogens with one attached hydrogen (secondary N) is 1. The standard InChI is InChI=1S/C22H30N2O4/c1-26-20-10-9-18(16-21(20)27-2)6-3-5-17-7-4-8-19(15-17)24-22(25)11-13-28-14-12-23/h4,7-10,15-16H,3,5-6,11-14,23H2,1-2H3,(H,24,25). The fourth-order valence-corrected chi connectivity index (χ4v) is 2.91. The Kier molecular flexibility index (Phi) is 9.31. The number of amides is 1. The van der Waals surface area contributed by atoms with Gasteiger partial charge < -0.3 is 25.3 Å². The highest BCUT2D eigenvalue weighted by Gasteiger charge is 2.06. The summed E-state index contributed by atoms with van der Waals surface area (Å²) >= 11 is 0. The first-order valence-corrected chi connectivity index (χ1v) is 9.53. The molecule has 2 aromatic rings. The molecule has 0 bridgehead atoms. The van der Waals surface area contributed by atoms with E-state index in [1.165, 1.54) is 11.1 Å². The lowest BCUT2D eigenvalue weighted by molar-refractivity contribution is -0.117. The monoisotopic (exact) mass is 386 g/mol. The van der Waals surface area contributed by atoms with Crippen LogP contribution in [0.3, 0.4) is 0 Å². The fourth-order valence-electron chi connectivity index (χ4n) is 2.91. The van der Waals surface area contributed by atoms with Gasteiger partial charge in [-0.2, -0.15) is 0 Å². The molecule has 0 radical (unpaired) electrons. The lowest BCUT2D eigenvalue weighted by atomic mass is 10.0. The Morgan fingerprint density at radius 2 is 1.71 bits per heavy atom. The van der Waals surface area contributed by atoms with Crippen molar-refractivity contribution in [2.24, 2.45) is 5.73 Å². The molecule has 2 rings (SSSR count). The van der Waals surface area contributed by atoms with Gasteiger partial charge in [0.2, 0.25) is 5.91 Å². The van der Waals surface area contributed by atoms with E-state index in [4.69, 9.17) is 19.9 Å². The van der Waals surface area contributed by atoms with Crippen LogP contribution in [-0.2, 0) is 22.4 Å². The van der Waals surface area contributed by atoms with Crippen LogP contribution < -0.4 is 20.5 Å². The second-order valence-electron chi connectivity index (χ2n) is 6.44. The van der Waals surface area contributed by atoms with Crippen LogP contribution in [0.1, 0.15) is 24.0 Å². The number of nitrogens with two attached hydrogens (primary N) is 1. The number of rotatable bonds is 12. The Balaban J connectivity index is 1.82. The first kappa shape index (κ1) is 21.7. The number of carbonyl (C=O) groups is 1. The van der Waals surface area contributed by atoms with Crippen molar-refractivity contribution in [2.45, 2.75) is 25.7 Å². The third-order valence-electron chi connectivity index (χ3n) is 4.33. The first-order chi connectivity index (χ1) is 13.7. The number of hydrogen-bond acceptors (Lipinski definition) is 5. The topological polar surface area (TPSA) is 82.8 Å². The van der Waals surface area contributed by atoms with Crippen molar-refractivity contribution in [1.82, 2.24) is 0 Å². The van der Waals surface area contributed by atoms with Crippen molar-refractivity contribution in [1.29, 1.82) is 0 Å². The molecule has 0 fully saturated rings. The molecule has 3 N–H and O–H groups in total. The van der Waals surface area contributed by atoms with Gasteiger partial charge in [-0.15, -0.1) is 0 Å². The van der Waals surface area contributed by atoms with Crippen molar-refractivity contribution >= 4 is 11.6 Å². The third kappa shape index (κ3) is 7.21. The van der Waals surface area contributed by atoms with Gasteiger partial charge in [-0.25, -0.2) is 0 Å². The van der Waals surface area contributed by atoms with Crippen LogP contribution >= 0.6 is 0 Å². The van der Waals surface area contributed by atoms with E-state index in [1.54, 1.807) is 14.2 Å². The van der Waals surface area contributed by atoms with Crippen LogP contribution in [0.25, 0.3) is 0 Å². The summed E-state index contributed by atoms with van der Waals surface area (Å²) in [6.45, 7) is 1.32. The quantitative estimate of drug-likeness (QED) is 0.548. The van der Waals surface area contributed by atoms with Gasteiger partial charge in [-0.3, -0.25) is 4.79 Å². The summed E-state index contributed by atoms with van der Waals surface area (Å²) < 4.78 is 15.9.